The topological polar surface area (TPSA) is 56.0 Å². The Hall–Kier alpha value is -2.34. The molecule has 0 spiro atoms. The van der Waals surface area contributed by atoms with Gasteiger partial charge >= 0.3 is 0 Å². The molecule has 0 amide bonds. The van der Waals surface area contributed by atoms with Crippen LogP contribution in [0.15, 0.2) is 24.5 Å². The van der Waals surface area contributed by atoms with E-state index in [1.54, 1.807) is 12.4 Å². The lowest BCUT2D eigenvalue weighted by Crippen LogP contribution is -2.05. The highest BCUT2D eigenvalue weighted by Gasteiger charge is 2.26. The fourth-order valence-corrected chi connectivity index (χ4v) is 5.08. The molecule has 0 unspecified atom stereocenters. The molecule has 5 rings (SSSR count). The monoisotopic (exact) mass is 335 g/mol. The largest absolute Gasteiger partial charge is 0.264 e. The third-order valence-corrected chi connectivity index (χ3v) is 6.02. The Morgan fingerprint density at radius 1 is 1.29 bits per heavy atom. The van der Waals surface area contributed by atoms with Crippen LogP contribution >= 0.6 is 11.3 Å². The normalized spacial score (nSPS) is 17.5. The molecule has 120 valence electrons. The standard InChI is InChI=1S/C18H17N5S/c1-10-5-3-7-13-14(10)15-17-21-16(12-6-4-8-19-9-12)22-23(17)11(2)20-18(15)24-13/h4,6,8-10H,3,5,7H2,1-2H3/t10-/m1/s1. The number of hydrogen-bond acceptors (Lipinski definition) is 5. The van der Waals surface area contributed by atoms with Crippen LogP contribution in [0.2, 0.25) is 0 Å². The van der Waals surface area contributed by atoms with Gasteiger partial charge < -0.3 is 0 Å². The van der Waals surface area contributed by atoms with Crippen molar-refractivity contribution in [1.82, 2.24) is 24.6 Å². The Labute approximate surface area is 143 Å². The highest BCUT2D eigenvalue weighted by molar-refractivity contribution is 7.19. The van der Waals surface area contributed by atoms with Crippen LogP contribution in [0, 0.1) is 6.92 Å². The molecule has 5 nitrogen and oxygen atoms in total. The molecule has 4 aromatic heterocycles. The summed E-state index contributed by atoms with van der Waals surface area (Å²) >= 11 is 1.83. The summed E-state index contributed by atoms with van der Waals surface area (Å²) in [6.07, 6.45) is 7.24. The lowest BCUT2D eigenvalue weighted by atomic mass is 9.87. The summed E-state index contributed by atoms with van der Waals surface area (Å²) in [5, 5.41) is 5.90. The van der Waals surface area contributed by atoms with Crippen LogP contribution in [-0.2, 0) is 6.42 Å². The van der Waals surface area contributed by atoms with Gasteiger partial charge in [0.05, 0.1) is 5.39 Å². The van der Waals surface area contributed by atoms with Crippen LogP contribution in [0.4, 0.5) is 0 Å². The summed E-state index contributed by atoms with van der Waals surface area (Å²) in [4.78, 5) is 16.4. The molecular weight excluding hydrogens is 318 g/mol. The fourth-order valence-electron chi connectivity index (χ4n) is 3.70. The van der Waals surface area contributed by atoms with Gasteiger partial charge in [0, 0.05) is 22.8 Å². The van der Waals surface area contributed by atoms with E-state index in [0.29, 0.717) is 11.7 Å². The minimum Gasteiger partial charge on any atom is -0.264 e. The number of nitrogens with zero attached hydrogens (tertiary/aromatic N) is 5. The molecule has 0 N–H and O–H groups in total. The molecule has 1 aliphatic rings. The van der Waals surface area contributed by atoms with E-state index in [-0.39, 0.29) is 0 Å². The van der Waals surface area contributed by atoms with Gasteiger partial charge in [-0.1, -0.05) is 6.92 Å². The average molecular weight is 335 g/mol. The molecule has 0 radical (unpaired) electrons. The van der Waals surface area contributed by atoms with E-state index in [4.69, 9.17) is 15.1 Å². The van der Waals surface area contributed by atoms with E-state index in [9.17, 15) is 0 Å². The fraction of sp³-hybridized carbons (Fsp3) is 0.333. The van der Waals surface area contributed by atoms with E-state index in [1.807, 2.05) is 34.9 Å². The summed E-state index contributed by atoms with van der Waals surface area (Å²) < 4.78 is 1.89. The van der Waals surface area contributed by atoms with Crippen LogP contribution in [-0.4, -0.2) is 24.6 Å². The van der Waals surface area contributed by atoms with Gasteiger partial charge in [-0.15, -0.1) is 16.4 Å². The van der Waals surface area contributed by atoms with E-state index < -0.39 is 0 Å². The van der Waals surface area contributed by atoms with Gasteiger partial charge in [0.1, 0.15) is 10.7 Å². The number of aromatic nitrogens is 5. The maximum Gasteiger partial charge on any atom is 0.183 e. The second-order valence-electron chi connectivity index (χ2n) is 6.48. The first-order chi connectivity index (χ1) is 11.7. The molecule has 0 bridgehead atoms. The molecule has 6 heteroatoms. The first-order valence-corrected chi connectivity index (χ1v) is 9.13. The summed E-state index contributed by atoms with van der Waals surface area (Å²) in [7, 11) is 0. The Kier molecular flexibility index (Phi) is 2.97. The van der Waals surface area contributed by atoms with Crippen molar-refractivity contribution in [3.05, 3.63) is 40.8 Å². The third kappa shape index (κ3) is 1.92. The zero-order chi connectivity index (χ0) is 16.3. The maximum atomic E-state index is 4.87. The summed E-state index contributed by atoms with van der Waals surface area (Å²) in [5.41, 5.74) is 3.32. The molecule has 0 fully saturated rings. The van der Waals surface area contributed by atoms with Crippen LogP contribution in [0.1, 0.15) is 41.9 Å². The second kappa shape index (κ2) is 5.08. The molecule has 4 heterocycles. The van der Waals surface area contributed by atoms with Gasteiger partial charge in [-0.3, -0.25) is 4.98 Å². The SMILES string of the molecule is Cc1nc2sc3c(c2c2nc(-c4cccnc4)nn12)[C@H](C)CCC3. The molecule has 0 saturated carbocycles. The van der Waals surface area contributed by atoms with Crippen molar-refractivity contribution in [2.24, 2.45) is 0 Å². The lowest BCUT2D eigenvalue weighted by molar-refractivity contribution is 0.602. The minimum absolute atomic E-state index is 0.564. The second-order valence-corrected chi connectivity index (χ2v) is 7.57. The van der Waals surface area contributed by atoms with Crippen molar-refractivity contribution < 1.29 is 0 Å². The van der Waals surface area contributed by atoms with Crippen LogP contribution in [0.25, 0.3) is 27.3 Å². The molecular formula is C18H17N5S. The molecule has 0 aliphatic heterocycles. The molecule has 4 aromatic rings. The number of fused-ring (bicyclic) bond motifs is 5. The van der Waals surface area contributed by atoms with E-state index in [2.05, 4.69) is 11.9 Å². The van der Waals surface area contributed by atoms with E-state index in [1.165, 1.54) is 28.7 Å². The number of rotatable bonds is 1. The quantitative estimate of drug-likeness (QED) is 0.524. The van der Waals surface area contributed by atoms with Crippen LogP contribution in [0.3, 0.4) is 0 Å². The molecule has 24 heavy (non-hydrogen) atoms. The Morgan fingerprint density at radius 2 is 2.21 bits per heavy atom. The minimum atomic E-state index is 0.564. The smallest absolute Gasteiger partial charge is 0.183 e. The Balaban J connectivity index is 1.86. The lowest BCUT2D eigenvalue weighted by Gasteiger charge is -2.18. The third-order valence-electron chi connectivity index (χ3n) is 4.86. The van der Waals surface area contributed by atoms with Crippen LogP contribution in [0.5, 0.6) is 0 Å². The van der Waals surface area contributed by atoms with Crippen molar-refractivity contribution in [3.63, 3.8) is 0 Å². The molecule has 0 aromatic carbocycles. The van der Waals surface area contributed by atoms with Gasteiger partial charge in [0.2, 0.25) is 0 Å². The highest BCUT2D eigenvalue weighted by Crippen LogP contribution is 2.43. The highest BCUT2D eigenvalue weighted by atomic mass is 32.1. The molecule has 1 aliphatic carbocycles. The summed E-state index contributed by atoms with van der Waals surface area (Å²) in [6.45, 7) is 4.31. The molecule has 1 atom stereocenters. The van der Waals surface area contributed by atoms with Gasteiger partial charge in [0.15, 0.2) is 11.5 Å². The maximum absolute atomic E-state index is 4.87. The first-order valence-electron chi connectivity index (χ1n) is 8.31. The van der Waals surface area contributed by atoms with Gasteiger partial charge in [0.25, 0.3) is 0 Å². The van der Waals surface area contributed by atoms with E-state index >= 15 is 0 Å². The predicted molar refractivity (Wildman–Crippen MR) is 95.5 cm³/mol. The Bertz CT molecular complexity index is 1060. The molecule has 0 saturated heterocycles. The zero-order valence-corrected chi connectivity index (χ0v) is 14.5. The van der Waals surface area contributed by atoms with Crippen molar-refractivity contribution in [1.29, 1.82) is 0 Å². The van der Waals surface area contributed by atoms with E-state index in [0.717, 1.165) is 28.3 Å². The zero-order valence-electron chi connectivity index (χ0n) is 13.7. The number of aryl methyl sites for hydroxylation is 2. The summed E-state index contributed by atoms with van der Waals surface area (Å²) in [6, 6.07) is 3.91. The van der Waals surface area contributed by atoms with Gasteiger partial charge in [-0.2, -0.15) is 4.52 Å². The Morgan fingerprint density at radius 3 is 3.04 bits per heavy atom. The number of pyridine rings is 1. The average Bonchev–Trinajstić information content (AvgIpc) is 3.18. The number of hydrogen-bond donors (Lipinski definition) is 0. The van der Waals surface area contributed by atoms with Crippen LogP contribution < -0.4 is 0 Å². The van der Waals surface area contributed by atoms with Crippen molar-refractivity contribution in [2.45, 2.75) is 39.0 Å². The first kappa shape index (κ1) is 14.0. The number of thiophene rings is 1. The predicted octanol–water partition coefficient (Wildman–Crippen LogP) is 4.15. The van der Waals surface area contributed by atoms with Crippen molar-refractivity contribution >= 4 is 27.2 Å². The van der Waals surface area contributed by atoms with Gasteiger partial charge in [-0.05, 0) is 49.8 Å². The summed E-state index contributed by atoms with van der Waals surface area (Å²) in [5.74, 6) is 2.16. The van der Waals surface area contributed by atoms with Gasteiger partial charge in [-0.25, -0.2) is 9.97 Å². The van der Waals surface area contributed by atoms with Crippen molar-refractivity contribution in [3.8, 4) is 11.4 Å². The van der Waals surface area contributed by atoms with Crippen molar-refractivity contribution in [2.75, 3.05) is 0 Å².